The molecule has 120 valence electrons. The fourth-order valence-electron chi connectivity index (χ4n) is 1.92. The third kappa shape index (κ3) is 4.57. The van der Waals surface area contributed by atoms with Crippen LogP contribution in [0.15, 0.2) is 48.5 Å². The third-order valence-electron chi connectivity index (χ3n) is 3.06. The zero-order valence-electron chi connectivity index (χ0n) is 11.9. The Hall–Kier alpha value is -2.83. The molecule has 0 radical (unpaired) electrons. The molecule has 0 atom stereocenters. The van der Waals surface area contributed by atoms with Gasteiger partial charge in [-0.3, -0.25) is 9.59 Å². The zero-order chi connectivity index (χ0) is 17.0. The van der Waals surface area contributed by atoms with E-state index < -0.39 is 23.6 Å². The monoisotopic (exact) mass is 322 g/mol. The average Bonchev–Trinajstić information content (AvgIpc) is 2.48. The predicted octanol–water partition coefficient (Wildman–Crippen LogP) is 2.99. The zero-order valence-corrected chi connectivity index (χ0v) is 11.9. The summed E-state index contributed by atoms with van der Waals surface area (Å²) in [6.45, 7) is 0. The number of nitrogens with two attached hydrogens (primary N) is 1. The maximum atomic E-state index is 12.5. The van der Waals surface area contributed by atoms with Crippen LogP contribution in [0.25, 0.3) is 0 Å². The van der Waals surface area contributed by atoms with Gasteiger partial charge in [0.2, 0.25) is 5.91 Å². The van der Waals surface area contributed by atoms with Gasteiger partial charge < -0.3 is 11.1 Å². The Morgan fingerprint density at radius 3 is 2.00 bits per heavy atom. The van der Waals surface area contributed by atoms with Gasteiger partial charge in [-0.1, -0.05) is 12.1 Å². The van der Waals surface area contributed by atoms with Crippen LogP contribution < -0.4 is 11.1 Å². The van der Waals surface area contributed by atoms with Crippen molar-refractivity contribution in [1.29, 1.82) is 0 Å². The second kappa shape index (κ2) is 6.51. The second-order valence-electron chi connectivity index (χ2n) is 4.87. The molecule has 0 fully saturated rings. The molecule has 0 aromatic heterocycles. The Balaban J connectivity index is 2.05. The van der Waals surface area contributed by atoms with Crippen LogP contribution >= 0.6 is 0 Å². The van der Waals surface area contributed by atoms with Crippen molar-refractivity contribution in [2.45, 2.75) is 12.6 Å². The molecule has 0 unspecified atom stereocenters. The molecule has 3 N–H and O–H groups in total. The summed E-state index contributed by atoms with van der Waals surface area (Å²) < 4.78 is 37.4. The third-order valence-corrected chi connectivity index (χ3v) is 3.06. The molecule has 0 heterocycles. The smallest absolute Gasteiger partial charge is 0.369 e. The fraction of sp³-hybridized carbons (Fsp3) is 0.125. The number of anilines is 1. The van der Waals surface area contributed by atoms with Crippen molar-refractivity contribution in [2.24, 2.45) is 5.73 Å². The number of hydrogen-bond acceptors (Lipinski definition) is 2. The highest BCUT2D eigenvalue weighted by Gasteiger charge is 2.30. The van der Waals surface area contributed by atoms with Crippen molar-refractivity contribution in [3.05, 3.63) is 65.2 Å². The molecule has 0 aliphatic rings. The summed E-state index contributed by atoms with van der Waals surface area (Å²) >= 11 is 0. The normalized spacial score (nSPS) is 11.1. The molecular weight excluding hydrogens is 309 g/mol. The SMILES string of the molecule is NC(=O)Cc1ccc(NC(=O)c2ccc(C(F)(F)F)cc2)cc1. The molecule has 7 heteroatoms. The van der Waals surface area contributed by atoms with Gasteiger partial charge in [-0.25, -0.2) is 0 Å². The van der Waals surface area contributed by atoms with Crippen molar-refractivity contribution in [2.75, 3.05) is 5.32 Å². The van der Waals surface area contributed by atoms with Crippen molar-refractivity contribution in [1.82, 2.24) is 0 Å². The van der Waals surface area contributed by atoms with E-state index in [0.717, 1.165) is 24.3 Å². The van der Waals surface area contributed by atoms with Crippen molar-refractivity contribution < 1.29 is 22.8 Å². The number of rotatable bonds is 4. The Kier molecular flexibility index (Phi) is 4.68. The first kappa shape index (κ1) is 16.5. The Morgan fingerprint density at radius 1 is 0.957 bits per heavy atom. The van der Waals surface area contributed by atoms with Crippen LogP contribution in [-0.2, 0) is 17.4 Å². The van der Waals surface area contributed by atoms with E-state index in [0.29, 0.717) is 11.3 Å². The van der Waals surface area contributed by atoms with Gasteiger partial charge in [0.15, 0.2) is 0 Å². The van der Waals surface area contributed by atoms with Gasteiger partial charge >= 0.3 is 6.18 Å². The van der Waals surface area contributed by atoms with Crippen LogP contribution in [0.5, 0.6) is 0 Å². The summed E-state index contributed by atoms with van der Waals surface area (Å²) in [5.41, 5.74) is 5.53. The summed E-state index contributed by atoms with van der Waals surface area (Å²) in [5, 5.41) is 2.56. The van der Waals surface area contributed by atoms with Crippen LogP contribution in [0.2, 0.25) is 0 Å². The van der Waals surface area contributed by atoms with Crippen molar-refractivity contribution in [3.8, 4) is 0 Å². The highest BCUT2D eigenvalue weighted by molar-refractivity contribution is 6.04. The number of alkyl halides is 3. The van der Waals surface area contributed by atoms with E-state index in [-0.39, 0.29) is 12.0 Å². The predicted molar refractivity (Wildman–Crippen MR) is 78.7 cm³/mol. The van der Waals surface area contributed by atoms with Crippen molar-refractivity contribution >= 4 is 17.5 Å². The minimum atomic E-state index is -4.44. The van der Waals surface area contributed by atoms with Gasteiger partial charge in [-0.05, 0) is 42.0 Å². The van der Waals surface area contributed by atoms with Crippen LogP contribution in [-0.4, -0.2) is 11.8 Å². The lowest BCUT2D eigenvalue weighted by atomic mass is 10.1. The minimum absolute atomic E-state index is 0.0904. The van der Waals surface area contributed by atoms with E-state index in [2.05, 4.69) is 5.32 Å². The molecule has 0 spiro atoms. The van der Waals surface area contributed by atoms with Gasteiger partial charge in [-0.2, -0.15) is 13.2 Å². The Morgan fingerprint density at radius 2 is 1.52 bits per heavy atom. The summed E-state index contributed by atoms with van der Waals surface area (Å²) in [5.74, 6) is -0.993. The molecule has 2 aromatic rings. The molecule has 0 bridgehead atoms. The number of primary amides is 1. The number of nitrogens with one attached hydrogen (secondary N) is 1. The van der Waals surface area contributed by atoms with E-state index in [1.807, 2.05) is 0 Å². The van der Waals surface area contributed by atoms with E-state index in [1.54, 1.807) is 24.3 Å². The van der Waals surface area contributed by atoms with Crippen molar-refractivity contribution in [3.63, 3.8) is 0 Å². The maximum absolute atomic E-state index is 12.5. The first-order chi connectivity index (χ1) is 10.8. The maximum Gasteiger partial charge on any atom is 0.416 e. The number of benzene rings is 2. The fourth-order valence-corrected chi connectivity index (χ4v) is 1.92. The molecule has 2 rings (SSSR count). The summed E-state index contributed by atoms with van der Waals surface area (Å²) in [6, 6.07) is 10.4. The lowest BCUT2D eigenvalue weighted by molar-refractivity contribution is -0.137. The van der Waals surface area contributed by atoms with Crippen LogP contribution in [0.1, 0.15) is 21.5 Å². The van der Waals surface area contributed by atoms with E-state index >= 15 is 0 Å². The standard InChI is InChI=1S/C16H13F3N2O2/c17-16(18,19)12-5-3-11(4-6-12)15(23)21-13-7-1-10(2-8-13)9-14(20)22/h1-8H,9H2,(H2,20,22)(H,21,23). The van der Waals surface area contributed by atoms with Crippen LogP contribution in [0.3, 0.4) is 0 Å². The van der Waals surface area contributed by atoms with E-state index in [4.69, 9.17) is 5.73 Å². The summed E-state index contributed by atoms with van der Waals surface area (Å²) in [6.07, 6.45) is -4.35. The molecule has 4 nitrogen and oxygen atoms in total. The van der Waals surface area contributed by atoms with E-state index in [1.165, 1.54) is 0 Å². The lowest BCUT2D eigenvalue weighted by Gasteiger charge is -2.09. The number of carbonyl (C=O) groups excluding carboxylic acids is 2. The topological polar surface area (TPSA) is 72.2 Å². The van der Waals surface area contributed by atoms with Gasteiger partial charge in [0, 0.05) is 11.3 Å². The first-order valence-corrected chi connectivity index (χ1v) is 6.61. The minimum Gasteiger partial charge on any atom is -0.369 e. The molecule has 23 heavy (non-hydrogen) atoms. The van der Waals surface area contributed by atoms with Gasteiger partial charge in [0.05, 0.1) is 12.0 Å². The van der Waals surface area contributed by atoms with Crippen LogP contribution in [0, 0.1) is 0 Å². The molecule has 0 saturated carbocycles. The number of amides is 2. The number of carbonyl (C=O) groups is 2. The summed E-state index contributed by atoms with van der Waals surface area (Å²) in [4.78, 5) is 22.8. The molecule has 2 aromatic carbocycles. The quantitative estimate of drug-likeness (QED) is 0.908. The Labute approximate surface area is 130 Å². The highest BCUT2D eigenvalue weighted by Crippen LogP contribution is 2.29. The molecule has 0 aliphatic carbocycles. The first-order valence-electron chi connectivity index (χ1n) is 6.61. The number of hydrogen-bond donors (Lipinski definition) is 2. The van der Waals surface area contributed by atoms with Gasteiger partial charge in [0.25, 0.3) is 5.91 Å². The Bertz CT molecular complexity index is 708. The largest absolute Gasteiger partial charge is 0.416 e. The van der Waals surface area contributed by atoms with Gasteiger partial charge in [0.1, 0.15) is 0 Å². The molecule has 0 saturated heterocycles. The molecular formula is C16H13F3N2O2. The molecule has 0 aliphatic heterocycles. The lowest BCUT2D eigenvalue weighted by Crippen LogP contribution is -2.14. The average molecular weight is 322 g/mol. The molecule has 2 amide bonds. The summed E-state index contributed by atoms with van der Waals surface area (Å²) in [7, 11) is 0. The number of halogens is 3. The second-order valence-corrected chi connectivity index (χ2v) is 4.87. The highest BCUT2D eigenvalue weighted by atomic mass is 19.4. The van der Waals surface area contributed by atoms with E-state index in [9.17, 15) is 22.8 Å². The van der Waals surface area contributed by atoms with Crippen LogP contribution in [0.4, 0.5) is 18.9 Å². The van der Waals surface area contributed by atoms with Gasteiger partial charge in [-0.15, -0.1) is 0 Å².